The predicted molar refractivity (Wildman–Crippen MR) is 98.7 cm³/mol. The van der Waals surface area contributed by atoms with Gasteiger partial charge in [-0.05, 0) is 55.9 Å². The second-order valence-electron chi connectivity index (χ2n) is 6.75. The fourth-order valence-electron chi connectivity index (χ4n) is 3.27. The molecule has 0 bridgehead atoms. The first-order valence-electron chi connectivity index (χ1n) is 8.67. The third kappa shape index (κ3) is 3.76. The molecule has 5 heteroatoms. The van der Waals surface area contributed by atoms with E-state index in [1.165, 1.54) is 11.1 Å². The lowest BCUT2D eigenvalue weighted by Crippen LogP contribution is -2.26. The van der Waals surface area contributed by atoms with Crippen molar-refractivity contribution in [1.82, 2.24) is 15.1 Å². The number of amides is 1. The van der Waals surface area contributed by atoms with Gasteiger partial charge in [-0.3, -0.25) is 9.48 Å². The first-order valence-corrected chi connectivity index (χ1v) is 8.67. The topological polar surface area (TPSA) is 60.1 Å². The van der Waals surface area contributed by atoms with Gasteiger partial charge in [0.2, 0.25) is 5.91 Å². The van der Waals surface area contributed by atoms with Gasteiger partial charge in [-0.25, -0.2) is 0 Å². The molecule has 0 aliphatic rings. The van der Waals surface area contributed by atoms with Crippen LogP contribution in [0.1, 0.15) is 34.2 Å². The summed E-state index contributed by atoms with van der Waals surface area (Å²) >= 11 is 0. The largest absolute Gasteiger partial charge is 0.464 e. The van der Waals surface area contributed by atoms with E-state index in [0.29, 0.717) is 13.0 Å². The van der Waals surface area contributed by atoms with Crippen LogP contribution in [0.3, 0.4) is 0 Å². The van der Waals surface area contributed by atoms with Crippen LogP contribution < -0.4 is 5.32 Å². The van der Waals surface area contributed by atoms with Gasteiger partial charge in [-0.1, -0.05) is 6.07 Å². The van der Waals surface area contributed by atoms with Gasteiger partial charge in [0, 0.05) is 30.7 Å². The van der Waals surface area contributed by atoms with Gasteiger partial charge in [0.1, 0.15) is 5.58 Å². The minimum Gasteiger partial charge on any atom is -0.464 e. The Morgan fingerprint density at radius 3 is 2.80 bits per heavy atom. The lowest BCUT2D eigenvalue weighted by atomic mass is 9.99. The average Bonchev–Trinajstić information content (AvgIpc) is 3.16. The second kappa shape index (κ2) is 7.13. The number of carbonyl (C=O) groups excluding carboxylic acids is 1. The number of aromatic nitrogens is 2. The first-order chi connectivity index (χ1) is 12.0. The van der Waals surface area contributed by atoms with Crippen molar-refractivity contribution in [3.05, 3.63) is 52.5 Å². The Hall–Kier alpha value is -2.56. The summed E-state index contributed by atoms with van der Waals surface area (Å²) in [7, 11) is 1.91. The Labute approximate surface area is 148 Å². The molecule has 0 spiro atoms. The van der Waals surface area contributed by atoms with Gasteiger partial charge in [0.15, 0.2) is 0 Å². The van der Waals surface area contributed by atoms with E-state index in [1.807, 2.05) is 19.4 Å². The van der Waals surface area contributed by atoms with Gasteiger partial charge in [-0.15, -0.1) is 0 Å². The fourth-order valence-corrected chi connectivity index (χ4v) is 3.27. The Bertz CT molecular complexity index is 905. The number of rotatable bonds is 6. The highest BCUT2D eigenvalue weighted by atomic mass is 16.3. The molecular weight excluding hydrogens is 314 g/mol. The van der Waals surface area contributed by atoms with Gasteiger partial charge in [0.25, 0.3) is 0 Å². The maximum absolute atomic E-state index is 12.3. The molecular formula is C20H25N3O2. The molecule has 1 N–H and O–H groups in total. The van der Waals surface area contributed by atoms with Gasteiger partial charge in [0.05, 0.1) is 18.9 Å². The van der Waals surface area contributed by atoms with Gasteiger partial charge in [-0.2, -0.15) is 5.10 Å². The number of benzene rings is 1. The summed E-state index contributed by atoms with van der Waals surface area (Å²) in [6.45, 7) is 6.88. The van der Waals surface area contributed by atoms with E-state index in [-0.39, 0.29) is 5.91 Å². The normalized spacial score (nSPS) is 11.2. The summed E-state index contributed by atoms with van der Waals surface area (Å²) in [5, 5.41) is 8.23. The van der Waals surface area contributed by atoms with E-state index >= 15 is 0 Å². The van der Waals surface area contributed by atoms with Crippen LogP contribution in [0, 0.1) is 20.8 Å². The van der Waals surface area contributed by atoms with E-state index in [1.54, 1.807) is 10.9 Å². The Kier molecular flexibility index (Phi) is 4.93. The molecule has 5 nitrogen and oxygen atoms in total. The zero-order valence-corrected chi connectivity index (χ0v) is 15.3. The molecule has 0 aliphatic carbocycles. The molecule has 0 atom stereocenters. The van der Waals surface area contributed by atoms with Crippen LogP contribution in [0.2, 0.25) is 0 Å². The Balaban J connectivity index is 1.58. The first kappa shape index (κ1) is 17.3. The summed E-state index contributed by atoms with van der Waals surface area (Å²) in [4.78, 5) is 12.3. The molecule has 2 heterocycles. The second-order valence-corrected chi connectivity index (χ2v) is 6.75. The van der Waals surface area contributed by atoms with E-state index in [2.05, 4.69) is 37.3 Å². The molecule has 1 aromatic carbocycles. The van der Waals surface area contributed by atoms with Crippen molar-refractivity contribution in [1.29, 1.82) is 0 Å². The number of carbonyl (C=O) groups is 1. The zero-order chi connectivity index (χ0) is 18.0. The van der Waals surface area contributed by atoms with E-state index in [0.717, 1.165) is 40.5 Å². The van der Waals surface area contributed by atoms with Crippen molar-refractivity contribution in [2.45, 2.75) is 40.0 Å². The summed E-state index contributed by atoms with van der Waals surface area (Å²) in [5.41, 5.74) is 6.57. The van der Waals surface area contributed by atoms with E-state index in [4.69, 9.17) is 4.42 Å². The summed E-state index contributed by atoms with van der Waals surface area (Å²) in [5.74, 6) is 0.0338. The predicted octanol–water partition coefficient (Wildman–Crippen LogP) is 3.38. The average molecular weight is 339 g/mol. The maximum atomic E-state index is 12.3. The standard InChI is InChI=1S/C20H25N3O2/c1-13-8-14(2)19-17(12-25-20(19)15(13)3)9-18(24)21-7-5-6-16-10-22-23(4)11-16/h8,10-12H,5-7,9H2,1-4H3,(H,21,24). The monoisotopic (exact) mass is 339 g/mol. The van der Waals surface area contributed by atoms with Crippen LogP contribution in [0.25, 0.3) is 11.0 Å². The minimum absolute atomic E-state index is 0.0338. The highest BCUT2D eigenvalue weighted by molar-refractivity contribution is 5.91. The van der Waals surface area contributed by atoms with Crippen molar-refractivity contribution in [3.63, 3.8) is 0 Å². The molecule has 0 saturated carbocycles. The third-order valence-electron chi connectivity index (χ3n) is 4.70. The smallest absolute Gasteiger partial charge is 0.224 e. The molecule has 25 heavy (non-hydrogen) atoms. The lowest BCUT2D eigenvalue weighted by molar-refractivity contribution is -0.120. The summed E-state index contributed by atoms with van der Waals surface area (Å²) < 4.78 is 7.53. The molecule has 0 radical (unpaired) electrons. The fraction of sp³-hybridized carbons (Fsp3) is 0.400. The van der Waals surface area contributed by atoms with Crippen LogP contribution in [-0.4, -0.2) is 22.2 Å². The SMILES string of the molecule is Cc1cc(C)c2c(CC(=O)NCCCc3cnn(C)c3)coc2c1C. The summed E-state index contributed by atoms with van der Waals surface area (Å²) in [6, 6.07) is 2.16. The molecule has 3 rings (SSSR count). The molecule has 132 valence electrons. The van der Waals surface area contributed by atoms with Crippen LogP contribution in [-0.2, 0) is 24.7 Å². The molecule has 0 fully saturated rings. The molecule has 3 aromatic rings. The number of nitrogens with zero attached hydrogens (tertiary/aromatic N) is 2. The van der Waals surface area contributed by atoms with Crippen LogP contribution in [0.15, 0.2) is 29.1 Å². The maximum Gasteiger partial charge on any atom is 0.224 e. The van der Waals surface area contributed by atoms with Crippen LogP contribution >= 0.6 is 0 Å². The molecule has 1 amide bonds. The van der Waals surface area contributed by atoms with E-state index < -0.39 is 0 Å². The van der Waals surface area contributed by atoms with Crippen molar-refractivity contribution >= 4 is 16.9 Å². The highest BCUT2D eigenvalue weighted by Crippen LogP contribution is 2.30. The number of furan rings is 1. The van der Waals surface area contributed by atoms with Crippen molar-refractivity contribution in [2.75, 3.05) is 6.54 Å². The van der Waals surface area contributed by atoms with Gasteiger partial charge < -0.3 is 9.73 Å². The quantitative estimate of drug-likeness (QED) is 0.700. The number of aryl methyl sites for hydroxylation is 5. The minimum atomic E-state index is 0.0338. The lowest BCUT2D eigenvalue weighted by Gasteiger charge is -2.07. The van der Waals surface area contributed by atoms with Crippen LogP contribution in [0.4, 0.5) is 0 Å². The summed E-state index contributed by atoms with van der Waals surface area (Å²) in [6.07, 6.45) is 7.77. The molecule has 0 unspecified atom stereocenters. The van der Waals surface area contributed by atoms with Crippen molar-refractivity contribution in [3.8, 4) is 0 Å². The van der Waals surface area contributed by atoms with E-state index in [9.17, 15) is 4.79 Å². The molecule has 0 saturated heterocycles. The Morgan fingerprint density at radius 1 is 1.28 bits per heavy atom. The molecule has 2 aromatic heterocycles. The van der Waals surface area contributed by atoms with Crippen molar-refractivity contribution in [2.24, 2.45) is 7.05 Å². The number of fused-ring (bicyclic) bond motifs is 1. The zero-order valence-electron chi connectivity index (χ0n) is 15.3. The van der Waals surface area contributed by atoms with Gasteiger partial charge >= 0.3 is 0 Å². The Morgan fingerprint density at radius 2 is 2.08 bits per heavy atom. The molecule has 0 aliphatic heterocycles. The third-order valence-corrected chi connectivity index (χ3v) is 4.70. The number of hydrogen-bond donors (Lipinski definition) is 1. The van der Waals surface area contributed by atoms with Crippen molar-refractivity contribution < 1.29 is 9.21 Å². The van der Waals surface area contributed by atoms with Crippen LogP contribution in [0.5, 0.6) is 0 Å². The number of hydrogen-bond acceptors (Lipinski definition) is 3. The highest BCUT2D eigenvalue weighted by Gasteiger charge is 2.15. The number of nitrogens with one attached hydrogen (secondary N) is 1.